The van der Waals surface area contributed by atoms with Crippen LogP contribution in [0.3, 0.4) is 0 Å². The summed E-state index contributed by atoms with van der Waals surface area (Å²) >= 11 is 0. The van der Waals surface area contributed by atoms with Gasteiger partial charge in [0.25, 0.3) is 0 Å². The highest BCUT2D eigenvalue weighted by molar-refractivity contribution is 5.77. The Morgan fingerprint density at radius 1 is 1.08 bits per heavy atom. The van der Waals surface area contributed by atoms with Crippen LogP contribution in [-0.4, -0.2) is 85.9 Å². The Kier molecular flexibility index (Phi) is 6.68. The largest absolute Gasteiger partial charge is 0.336 e. The van der Waals surface area contributed by atoms with Gasteiger partial charge in [-0.05, 0) is 45.1 Å². The fourth-order valence-corrected chi connectivity index (χ4v) is 4.09. The smallest absolute Gasteiger partial charge is 0.224 e. The third-order valence-electron chi connectivity index (χ3n) is 5.67. The van der Waals surface area contributed by atoms with Gasteiger partial charge in [0.05, 0.1) is 6.04 Å². The van der Waals surface area contributed by atoms with Crippen LogP contribution in [0.5, 0.6) is 0 Å². The molecule has 2 saturated heterocycles. The van der Waals surface area contributed by atoms with E-state index in [1.54, 1.807) is 0 Å². The quantitative estimate of drug-likeness (QED) is 0.779. The van der Waals surface area contributed by atoms with Crippen molar-refractivity contribution in [3.05, 3.63) is 35.4 Å². The number of rotatable bonds is 6. The maximum absolute atomic E-state index is 12.8. The van der Waals surface area contributed by atoms with Gasteiger partial charge >= 0.3 is 0 Å². The van der Waals surface area contributed by atoms with E-state index in [2.05, 4.69) is 65.0 Å². The van der Waals surface area contributed by atoms with E-state index < -0.39 is 0 Å². The maximum atomic E-state index is 12.8. The Labute approximate surface area is 158 Å². The lowest BCUT2D eigenvalue weighted by molar-refractivity contribution is -0.132. The van der Waals surface area contributed by atoms with Crippen LogP contribution in [0.1, 0.15) is 36.4 Å². The molecule has 0 unspecified atom stereocenters. The summed E-state index contributed by atoms with van der Waals surface area (Å²) < 4.78 is 0. The molecule has 2 fully saturated rings. The average Bonchev–Trinajstić information content (AvgIpc) is 3.11. The maximum Gasteiger partial charge on any atom is 0.224 e. The molecule has 0 saturated carbocycles. The van der Waals surface area contributed by atoms with Crippen LogP contribution >= 0.6 is 0 Å². The first-order valence-electron chi connectivity index (χ1n) is 9.97. The van der Waals surface area contributed by atoms with Gasteiger partial charge < -0.3 is 19.6 Å². The summed E-state index contributed by atoms with van der Waals surface area (Å²) in [5.41, 5.74) is 2.61. The Hall–Kier alpha value is -1.43. The van der Waals surface area contributed by atoms with E-state index in [1.165, 1.54) is 11.1 Å². The molecule has 2 heterocycles. The minimum absolute atomic E-state index is 0.267. The van der Waals surface area contributed by atoms with Gasteiger partial charge in [-0.1, -0.05) is 24.3 Å². The summed E-state index contributed by atoms with van der Waals surface area (Å²) in [6, 6.07) is 9.12. The molecule has 0 radical (unpaired) electrons. The Balaban J connectivity index is 1.54. The molecule has 26 heavy (non-hydrogen) atoms. The average molecular weight is 359 g/mol. The van der Waals surface area contributed by atoms with E-state index in [1.807, 2.05) is 0 Å². The number of likely N-dealkylation sites (tertiary alicyclic amines) is 1. The summed E-state index contributed by atoms with van der Waals surface area (Å²) in [6.07, 6.45) is 2.86. The standard InChI is InChI=1S/C21H34N4O/c1-22(2)17-18-6-8-19(9-7-18)20-5-4-11-25(20)21(26)10-12-24-15-13-23(3)14-16-24/h6-9,20H,4-5,10-17H2,1-3H3/t20-/m0/s1. The second-order valence-electron chi connectivity index (χ2n) is 8.12. The molecule has 1 aromatic rings. The minimum Gasteiger partial charge on any atom is -0.336 e. The second-order valence-corrected chi connectivity index (χ2v) is 8.12. The van der Waals surface area contributed by atoms with E-state index in [0.29, 0.717) is 12.3 Å². The molecule has 0 bridgehead atoms. The molecule has 1 aromatic carbocycles. The van der Waals surface area contributed by atoms with Crippen LogP contribution in [0.4, 0.5) is 0 Å². The lowest BCUT2D eigenvalue weighted by Gasteiger charge is -2.33. The molecule has 3 rings (SSSR count). The topological polar surface area (TPSA) is 30.0 Å². The van der Waals surface area contributed by atoms with Gasteiger partial charge in [-0.2, -0.15) is 0 Å². The van der Waals surface area contributed by atoms with Gasteiger partial charge in [0, 0.05) is 52.2 Å². The molecule has 0 aliphatic carbocycles. The van der Waals surface area contributed by atoms with Crippen molar-refractivity contribution in [2.45, 2.75) is 31.8 Å². The molecule has 144 valence electrons. The van der Waals surface area contributed by atoms with Crippen molar-refractivity contribution in [1.29, 1.82) is 0 Å². The molecule has 5 heteroatoms. The summed E-state index contributed by atoms with van der Waals surface area (Å²) in [5, 5.41) is 0. The van der Waals surface area contributed by atoms with Gasteiger partial charge in [-0.15, -0.1) is 0 Å². The van der Waals surface area contributed by atoms with Crippen LogP contribution in [0, 0.1) is 0 Å². The molecule has 2 aliphatic rings. The predicted octanol–water partition coefficient (Wildman–Crippen LogP) is 2.05. The summed E-state index contributed by atoms with van der Waals surface area (Å²) in [6.45, 7) is 7.16. The highest BCUT2D eigenvalue weighted by atomic mass is 16.2. The van der Waals surface area contributed by atoms with Crippen LogP contribution in [0.15, 0.2) is 24.3 Å². The second kappa shape index (κ2) is 8.98. The fraction of sp³-hybridized carbons (Fsp3) is 0.667. The minimum atomic E-state index is 0.267. The first-order chi connectivity index (χ1) is 12.5. The van der Waals surface area contributed by atoms with Crippen LogP contribution < -0.4 is 0 Å². The van der Waals surface area contributed by atoms with Gasteiger partial charge in [0.2, 0.25) is 5.91 Å². The molecular formula is C21H34N4O. The lowest BCUT2D eigenvalue weighted by Crippen LogP contribution is -2.45. The van der Waals surface area contributed by atoms with Crippen molar-refractivity contribution in [3.8, 4) is 0 Å². The number of amides is 1. The van der Waals surface area contributed by atoms with E-state index in [-0.39, 0.29) is 6.04 Å². The van der Waals surface area contributed by atoms with Crippen molar-refractivity contribution in [2.75, 3.05) is 60.4 Å². The number of hydrogen-bond acceptors (Lipinski definition) is 4. The first-order valence-corrected chi connectivity index (χ1v) is 9.97. The molecule has 0 aromatic heterocycles. The number of nitrogens with zero attached hydrogens (tertiary/aromatic N) is 4. The number of piperazine rings is 1. The zero-order valence-corrected chi connectivity index (χ0v) is 16.7. The molecule has 5 nitrogen and oxygen atoms in total. The van der Waals surface area contributed by atoms with Gasteiger partial charge in [0.1, 0.15) is 0 Å². The van der Waals surface area contributed by atoms with Crippen molar-refractivity contribution in [3.63, 3.8) is 0 Å². The number of carbonyl (C=O) groups excluding carboxylic acids is 1. The van der Waals surface area contributed by atoms with Crippen molar-refractivity contribution in [1.82, 2.24) is 19.6 Å². The van der Waals surface area contributed by atoms with Crippen molar-refractivity contribution in [2.24, 2.45) is 0 Å². The van der Waals surface area contributed by atoms with Crippen LogP contribution in [0.25, 0.3) is 0 Å². The zero-order chi connectivity index (χ0) is 18.5. The van der Waals surface area contributed by atoms with Gasteiger partial charge in [-0.25, -0.2) is 0 Å². The molecular weight excluding hydrogens is 324 g/mol. The normalized spacial score (nSPS) is 22.3. The molecule has 0 spiro atoms. The van der Waals surface area contributed by atoms with E-state index >= 15 is 0 Å². The number of carbonyl (C=O) groups is 1. The van der Waals surface area contributed by atoms with Gasteiger partial charge in [-0.3, -0.25) is 4.79 Å². The Morgan fingerprint density at radius 3 is 2.42 bits per heavy atom. The van der Waals surface area contributed by atoms with Crippen LogP contribution in [-0.2, 0) is 11.3 Å². The summed E-state index contributed by atoms with van der Waals surface area (Å²) in [7, 11) is 6.35. The zero-order valence-electron chi connectivity index (χ0n) is 16.7. The lowest BCUT2D eigenvalue weighted by atomic mass is 10.0. The van der Waals surface area contributed by atoms with Crippen molar-refractivity contribution < 1.29 is 4.79 Å². The fourth-order valence-electron chi connectivity index (χ4n) is 4.09. The van der Waals surface area contributed by atoms with Gasteiger partial charge in [0.15, 0.2) is 0 Å². The van der Waals surface area contributed by atoms with E-state index in [0.717, 1.165) is 58.7 Å². The third-order valence-corrected chi connectivity index (χ3v) is 5.67. The van der Waals surface area contributed by atoms with Crippen LogP contribution in [0.2, 0.25) is 0 Å². The van der Waals surface area contributed by atoms with Crippen molar-refractivity contribution >= 4 is 5.91 Å². The summed E-state index contributed by atoms with van der Waals surface area (Å²) in [4.78, 5) is 21.9. The van der Waals surface area contributed by atoms with E-state index in [4.69, 9.17) is 0 Å². The monoisotopic (exact) mass is 358 g/mol. The third kappa shape index (κ3) is 5.06. The SMILES string of the molecule is CN(C)Cc1ccc([C@@H]2CCCN2C(=O)CCN2CCN(C)CC2)cc1. The molecule has 1 amide bonds. The molecule has 0 N–H and O–H groups in total. The van der Waals surface area contributed by atoms with E-state index in [9.17, 15) is 4.79 Å². The molecule has 2 aliphatic heterocycles. The Morgan fingerprint density at radius 2 is 1.77 bits per heavy atom. The summed E-state index contributed by atoms with van der Waals surface area (Å²) in [5.74, 6) is 0.323. The first kappa shape index (κ1) is 19.3. The predicted molar refractivity (Wildman–Crippen MR) is 106 cm³/mol. The Bertz CT molecular complexity index is 578. The number of hydrogen-bond donors (Lipinski definition) is 0. The number of likely N-dealkylation sites (N-methyl/N-ethyl adjacent to an activating group) is 1. The highest BCUT2D eigenvalue weighted by Gasteiger charge is 2.30. The highest BCUT2D eigenvalue weighted by Crippen LogP contribution is 2.32. The number of benzene rings is 1. The molecule has 1 atom stereocenters.